The van der Waals surface area contributed by atoms with Crippen molar-refractivity contribution in [1.82, 2.24) is 5.32 Å². The van der Waals surface area contributed by atoms with Crippen LogP contribution in [0, 0.1) is 0 Å². The van der Waals surface area contributed by atoms with Crippen LogP contribution in [0.15, 0.2) is 0 Å². The van der Waals surface area contributed by atoms with Gasteiger partial charge in [-0.25, -0.2) is 0 Å². The van der Waals surface area contributed by atoms with Gasteiger partial charge in [-0.05, 0) is 26.8 Å². The average Bonchev–Trinajstić information content (AvgIpc) is 2.40. The molecule has 0 aliphatic rings. The SMILES string of the molecule is CCCCCCCCCCCCNCC(C)(C)OC. The third-order valence-corrected chi connectivity index (χ3v) is 3.81. The van der Waals surface area contributed by atoms with Crippen molar-refractivity contribution in [3.63, 3.8) is 0 Å². The van der Waals surface area contributed by atoms with Gasteiger partial charge >= 0.3 is 0 Å². The van der Waals surface area contributed by atoms with E-state index in [0.29, 0.717) is 0 Å². The van der Waals surface area contributed by atoms with E-state index in [2.05, 4.69) is 26.1 Å². The first-order valence-electron chi connectivity index (χ1n) is 8.38. The van der Waals surface area contributed by atoms with Crippen LogP contribution in [-0.4, -0.2) is 25.8 Å². The molecule has 0 unspecified atom stereocenters. The van der Waals surface area contributed by atoms with Crippen molar-refractivity contribution in [3.8, 4) is 0 Å². The zero-order chi connectivity index (χ0) is 14.4. The maximum Gasteiger partial charge on any atom is 0.0746 e. The molecule has 0 fully saturated rings. The fourth-order valence-corrected chi connectivity index (χ4v) is 2.20. The smallest absolute Gasteiger partial charge is 0.0746 e. The normalized spacial score (nSPS) is 12.0. The van der Waals surface area contributed by atoms with Crippen molar-refractivity contribution < 1.29 is 4.74 Å². The zero-order valence-corrected chi connectivity index (χ0v) is 13.9. The lowest BCUT2D eigenvalue weighted by Crippen LogP contribution is -2.37. The number of ether oxygens (including phenoxy) is 1. The standard InChI is InChI=1S/C17H37NO/c1-5-6-7-8-9-10-11-12-13-14-15-18-16-17(2,3)19-4/h18H,5-16H2,1-4H3. The second kappa shape index (κ2) is 12.9. The second-order valence-electron chi connectivity index (χ2n) is 6.32. The van der Waals surface area contributed by atoms with E-state index < -0.39 is 0 Å². The van der Waals surface area contributed by atoms with E-state index in [0.717, 1.165) is 13.1 Å². The number of hydrogen-bond acceptors (Lipinski definition) is 2. The molecule has 0 spiro atoms. The molecule has 0 saturated heterocycles. The fraction of sp³-hybridized carbons (Fsp3) is 1.00. The minimum Gasteiger partial charge on any atom is -0.377 e. The van der Waals surface area contributed by atoms with E-state index in [1.165, 1.54) is 64.2 Å². The molecule has 0 amide bonds. The minimum absolute atomic E-state index is 0.0293. The Labute approximate surface area is 121 Å². The first kappa shape index (κ1) is 18.9. The fourth-order valence-electron chi connectivity index (χ4n) is 2.20. The van der Waals surface area contributed by atoms with Crippen LogP contribution in [0.3, 0.4) is 0 Å². The monoisotopic (exact) mass is 271 g/mol. The van der Waals surface area contributed by atoms with E-state index in [9.17, 15) is 0 Å². The Kier molecular flexibility index (Phi) is 12.9. The molecule has 0 aliphatic heterocycles. The van der Waals surface area contributed by atoms with Crippen molar-refractivity contribution in [1.29, 1.82) is 0 Å². The molecule has 0 saturated carbocycles. The third kappa shape index (κ3) is 14.1. The van der Waals surface area contributed by atoms with Gasteiger partial charge in [-0.2, -0.15) is 0 Å². The Balaban J connectivity index is 3.07. The number of nitrogens with one attached hydrogen (secondary N) is 1. The summed E-state index contributed by atoms with van der Waals surface area (Å²) >= 11 is 0. The number of hydrogen-bond donors (Lipinski definition) is 1. The Bertz CT molecular complexity index is 180. The van der Waals surface area contributed by atoms with Crippen LogP contribution in [0.25, 0.3) is 0 Å². The summed E-state index contributed by atoms with van der Waals surface area (Å²) in [5.74, 6) is 0. The molecule has 19 heavy (non-hydrogen) atoms. The van der Waals surface area contributed by atoms with Gasteiger partial charge in [-0.15, -0.1) is 0 Å². The molecule has 0 radical (unpaired) electrons. The predicted octanol–water partition coefficient (Wildman–Crippen LogP) is 4.92. The van der Waals surface area contributed by atoms with Crippen molar-refractivity contribution >= 4 is 0 Å². The minimum atomic E-state index is -0.0293. The van der Waals surface area contributed by atoms with E-state index in [4.69, 9.17) is 4.74 Å². The molecule has 0 rings (SSSR count). The molecule has 0 aliphatic carbocycles. The van der Waals surface area contributed by atoms with Crippen LogP contribution >= 0.6 is 0 Å². The van der Waals surface area contributed by atoms with Crippen LogP contribution in [0.5, 0.6) is 0 Å². The summed E-state index contributed by atoms with van der Waals surface area (Å²) < 4.78 is 5.38. The molecule has 0 heterocycles. The van der Waals surface area contributed by atoms with Crippen LogP contribution in [0.1, 0.15) is 85.0 Å². The third-order valence-electron chi connectivity index (χ3n) is 3.81. The molecule has 0 aromatic heterocycles. The highest BCUT2D eigenvalue weighted by atomic mass is 16.5. The van der Waals surface area contributed by atoms with Crippen LogP contribution < -0.4 is 5.32 Å². The molecule has 1 N–H and O–H groups in total. The Morgan fingerprint density at radius 3 is 1.74 bits per heavy atom. The first-order chi connectivity index (χ1) is 9.12. The van der Waals surface area contributed by atoms with Gasteiger partial charge in [0.05, 0.1) is 5.60 Å². The molecule has 116 valence electrons. The predicted molar refractivity (Wildman–Crippen MR) is 85.8 cm³/mol. The molecular formula is C17H37NO. The van der Waals surface area contributed by atoms with Crippen molar-refractivity contribution in [2.75, 3.05) is 20.2 Å². The molecule has 0 aromatic rings. The highest BCUT2D eigenvalue weighted by molar-refractivity contribution is 4.70. The Morgan fingerprint density at radius 2 is 1.26 bits per heavy atom. The molecule has 2 heteroatoms. The zero-order valence-electron chi connectivity index (χ0n) is 13.9. The van der Waals surface area contributed by atoms with E-state index in [-0.39, 0.29) is 5.60 Å². The maximum absolute atomic E-state index is 5.38. The number of unbranched alkanes of at least 4 members (excludes halogenated alkanes) is 9. The van der Waals surface area contributed by atoms with Gasteiger partial charge in [0.1, 0.15) is 0 Å². The lowest BCUT2D eigenvalue weighted by atomic mass is 10.1. The Morgan fingerprint density at radius 1 is 0.789 bits per heavy atom. The maximum atomic E-state index is 5.38. The number of methoxy groups -OCH3 is 1. The van der Waals surface area contributed by atoms with E-state index in [1.807, 2.05) is 0 Å². The van der Waals surface area contributed by atoms with Gasteiger partial charge in [0.15, 0.2) is 0 Å². The van der Waals surface area contributed by atoms with Crippen LogP contribution in [-0.2, 0) is 4.74 Å². The van der Waals surface area contributed by atoms with Crippen molar-refractivity contribution in [2.24, 2.45) is 0 Å². The van der Waals surface area contributed by atoms with Crippen molar-refractivity contribution in [2.45, 2.75) is 90.6 Å². The van der Waals surface area contributed by atoms with Crippen LogP contribution in [0.2, 0.25) is 0 Å². The molecule has 2 nitrogen and oxygen atoms in total. The first-order valence-corrected chi connectivity index (χ1v) is 8.38. The lowest BCUT2D eigenvalue weighted by Gasteiger charge is -2.23. The van der Waals surface area contributed by atoms with Gasteiger partial charge in [0.25, 0.3) is 0 Å². The van der Waals surface area contributed by atoms with E-state index in [1.54, 1.807) is 7.11 Å². The lowest BCUT2D eigenvalue weighted by molar-refractivity contribution is 0.0234. The van der Waals surface area contributed by atoms with Crippen LogP contribution in [0.4, 0.5) is 0 Å². The molecular weight excluding hydrogens is 234 g/mol. The average molecular weight is 271 g/mol. The molecule has 0 atom stereocenters. The van der Waals surface area contributed by atoms with Crippen molar-refractivity contribution in [3.05, 3.63) is 0 Å². The highest BCUT2D eigenvalue weighted by Crippen LogP contribution is 2.10. The van der Waals surface area contributed by atoms with Gasteiger partial charge in [0.2, 0.25) is 0 Å². The summed E-state index contributed by atoms with van der Waals surface area (Å²) in [6, 6.07) is 0. The van der Waals surface area contributed by atoms with Gasteiger partial charge in [-0.1, -0.05) is 64.7 Å². The number of rotatable bonds is 14. The topological polar surface area (TPSA) is 21.3 Å². The summed E-state index contributed by atoms with van der Waals surface area (Å²) in [7, 11) is 1.78. The highest BCUT2D eigenvalue weighted by Gasteiger charge is 2.14. The molecule has 0 bridgehead atoms. The van der Waals surface area contributed by atoms with Gasteiger partial charge in [-0.3, -0.25) is 0 Å². The quantitative estimate of drug-likeness (QED) is 0.453. The summed E-state index contributed by atoms with van der Waals surface area (Å²) in [6.07, 6.45) is 14.0. The van der Waals surface area contributed by atoms with Gasteiger partial charge in [0, 0.05) is 13.7 Å². The Hall–Kier alpha value is -0.0800. The molecule has 0 aromatic carbocycles. The summed E-state index contributed by atoms with van der Waals surface area (Å²) in [4.78, 5) is 0. The second-order valence-corrected chi connectivity index (χ2v) is 6.32. The van der Waals surface area contributed by atoms with Gasteiger partial charge < -0.3 is 10.1 Å². The summed E-state index contributed by atoms with van der Waals surface area (Å²) in [6.45, 7) is 8.60. The largest absolute Gasteiger partial charge is 0.377 e. The summed E-state index contributed by atoms with van der Waals surface area (Å²) in [5, 5.41) is 3.48. The summed E-state index contributed by atoms with van der Waals surface area (Å²) in [5.41, 5.74) is -0.0293. The van der Waals surface area contributed by atoms with E-state index >= 15 is 0 Å².